The summed E-state index contributed by atoms with van der Waals surface area (Å²) in [5.41, 5.74) is -2.10. The molecule has 0 unspecified atom stereocenters. The molecule has 0 aliphatic carbocycles. The van der Waals surface area contributed by atoms with Gasteiger partial charge in [-0.1, -0.05) is 75.3 Å². The molecule has 0 heterocycles. The van der Waals surface area contributed by atoms with Crippen LogP contribution in [0.2, 0.25) is 0 Å². The first-order chi connectivity index (χ1) is 19.4. The fourth-order valence-corrected chi connectivity index (χ4v) is 5.78. The summed E-state index contributed by atoms with van der Waals surface area (Å²) in [6.45, 7) is 26.1. The van der Waals surface area contributed by atoms with Crippen molar-refractivity contribution in [1.29, 1.82) is 0 Å². The number of nitrogens with zero attached hydrogens (tertiary/aromatic N) is 2. The molecule has 0 aliphatic heterocycles. The Morgan fingerprint density at radius 2 is 1.40 bits per heavy atom. The normalized spacial score (nSPS) is 14.3. The molecule has 0 radical (unpaired) electrons. The zero-order chi connectivity index (χ0) is 33.1. The Kier molecular flexibility index (Phi) is 16.0. The fourth-order valence-electron chi connectivity index (χ4n) is 5.78. The van der Waals surface area contributed by atoms with Gasteiger partial charge in [-0.05, 0) is 64.3 Å². The van der Waals surface area contributed by atoms with Crippen molar-refractivity contribution in [2.75, 3.05) is 26.7 Å². The van der Waals surface area contributed by atoms with Gasteiger partial charge < -0.3 is 25.2 Å². The number of carbonyl (C=O) groups excluding carboxylic acids is 4. The molecular formula is C33H62N4O5. The van der Waals surface area contributed by atoms with Crippen LogP contribution in [0.5, 0.6) is 0 Å². The van der Waals surface area contributed by atoms with Gasteiger partial charge in [0.25, 0.3) is 0 Å². The van der Waals surface area contributed by atoms with Crippen LogP contribution in [0.4, 0.5) is 0 Å². The molecule has 2 atom stereocenters. The standard InChI is InChI=1S/C33H62N4O5/c1-15-32(16-2,34-19-5)30(41)37(20-6)33(17-3,18-4)29(40)35-26(31(11,12)13)27(38)36(14)25(23(8)9)22-24(10)28(39)42-21-7/h22-23,25-26,34H,15-21H2,1-14H3,(H,35,40)/b24-22+/t25-,26-/m1/s1. The van der Waals surface area contributed by atoms with Crippen LogP contribution in [0.15, 0.2) is 11.6 Å². The maximum Gasteiger partial charge on any atom is 0.333 e. The lowest BCUT2D eigenvalue weighted by Crippen LogP contribution is -2.69. The smallest absolute Gasteiger partial charge is 0.333 e. The number of hydrogen-bond donors (Lipinski definition) is 2. The molecule has 0 rings (SSSR count). The van der Waals surface area contributed by atoms with Crippen LogP contribution in [-0.2, 0) is 23.9 Å². The van der Waals surface area contributed by atoms with Gasteiger partial charge in [-0.3, -0.25) is 14.4 Å². The Hall–Kier alpha value is -2.42. The van der Waals surface area contributed by atoms with Crippen LogP contribution in [0.25, 0.3) is 0 Å². The monoisotopic (exact) mass is 594 g/mol. The third kappa shape index (κ3) is 9.04. The number of rotatable bonds is 17. The van der Waals surface area contributed by atoms with Crippen LogP contribution < -0.4 is 10.6 Å². The van der Waals surface area contributed by atoms with E-state index in [1.807, 2.05) is 76.2 Å². The van der Waals surface area contributed by atoms with Crippen molar-refractivity contribution in [3.63, 3.8) is 0 Å². The van der Waals surface area contributed by atoms with E-state index in [0.717, 1.165) is 0 Å². The van der Waals surface area contributed by atoms with E-state index in [9.17, 15) is 19.2 Å². The molecule has 0 aromatic carbocycles. The van der Waals surface area contributed by atoms with E-state index < -0.39 is 34.5 Å². The third-order valence-corrected chi connectivity index (χ3v) is 8.69. The highest BCUT2D eigenvalue weighted by Crippen LogP contribution is 2.32. The molecular weight excluding hydrogens is 532 g/mol. The first kappa shape index (κ1) is 39.6. The predicted molar refractivity (Wildman–Crippen MR) is 171 cm³/mol. The average molecular weight is 595 g/mol. The molecule has 244 valence electrons. The first-order valence-electron chi connectivity index (χ1n) is 15.9. The number of likely N-dealkylation sites (N-methyl/N-ethyl adjacent to an activating group) is 3. The zero-order valence-electron chi connectivity index (χ0n) is 29.2. The highest BCUT2D eigenvalue weighted by Gasteiger charge is 2.50. The van der Waals surface area contributed by atoms with E-state index in [2.05, 4.69) is 10.6 Å². The second-order valence-corrected chi connectivity index (χ2v) is 12.6. The molecule has 9 nitrogen and oxygen atoms in total. The molecule has 0 bridgehead atoms. The molecule has 0 aliphatic rings. The minimum Gasteiger partial charge on any atom is -0.463 e. The Labute approximate surface area is 256 Å². The predicted octanol–water partition coefficient (Wildman–Crippen LogP) is 5.09. The van der Waals surface area contributed by atoms with Crippen LogP contribution in [-0.4, -0.2) is 83.4 Å². The minimum atomic E-state index is -1.13. The van der Waals surface area contributed by atoms with E-state index in [1.165, 1.54) is 0 Å². The van der Waals surface area contributed by atoms with Crippen molar-refractivity contribution in [3.8, 4) is 0 Å². The summed E-state index contributed by atoms with van der Waals surface area (Å²) in [7, 11) is 1.70. The summed E-state index contributed by atoms with van der Waals surface area (Å²) in [6, 6.07) is -1.26. The number of esters is 1. The molecule has 0 fully saturated rings. The van der Waals surface area contributed by atoms with Crippen LogP contribution in [0.1, 0.15) is 116 Å². The van der Waals surface area contributed by atoms with Crippen molar-refractivity contribution in [2.24, 2.45) is 11.3 Å². The van der Waals surface area contributed by atoms with Gasteiger partial charge in [0, 0.05) is 19.2 Å². The van der Waals surface area contributed by atoms with E-state index in [-0.39, 0.29) is 30.2 Å². The highest BCUT2D eigenvalue weighted by molar-refractivity contribution is 5.97. The van der Waals surface area contributed by atoms with Gasteiger partial charge in [-0.2, -0.15) is 0 Å². The summed E-state index contributed by atoms with van der Waals surface area (Å²) in [5, 5.41) is 6.50. The van der Waals surface area contributed by atoms with E-state index >= 15 is 0 Å². The van der Waals surface area contributed by atoms with Gasteiger partial charge in [0.2, 0.25) is 17.7 Å². The second kappa shape index (κ2) is 17.0. The van der Waals surface area contributed by atoms with E-state index in [0.29, 0.717) is 44.3 Å². The van der Waals surface area contributed by atoms with Gasteiger partial charge in [-0.25, -0.2) is 4.79 Å². The summed E-state index contributed by atoms with van der Waals surface area (Å²) >= 11 is 0. The Bertz CT molecular complexity index is 929. The van der Waals surface area contributed by atoms with Crippen molar-refractivity contribution >= 4 is 23.7 Å². The topological polar surface area (TPSA) is 108 Å². The van der Waals surface area contributed by atoms with Gasteiger partial charge in [0.1, 0.15) is 11.6 Å². The number of carbonyl (C=O) groups is 4. The lowest BCUT2D eigenvalue weighted by molar-refractivity contribution is -0.155. The maximum absolute atomic E-state index is 14.4. The average Bonchev–Trinajstić information content (AvgIpc) is 2.94. The summed E-state index contributed by atoms with van der Waals surface area (Å²) in [4.78, 5) is 58.3. The summed E-state index contributed by atoms with van der Waals surface area (Å²) in [6.07, 6.45) is 3.77. The zero-order valence-corrected chi connectivity index (χ0v) is 29.2. The molecule has 0 saturated carbocycles. The summed E-state index contributed by atoms with van der Waals surface area (Å²) < 4.78 is 5.14. The SMILES string of the molecule is CCNC(CC)(CC)C(=O)N(CC)C(CC)(CC)C(=O)N[C@H](C(=O)N(C)[C@H](/C=C(\C)C(=O)OCC)C(C)C)C(C)(C)C. The molecule has 0 saturated heterocycles. The molecule has 0 aromatic heterocycles. The number of ether oxygens (including phenoxy) is 1. The van der Waals surface area contributed by atoms with Crippen LogP contribution in [0, 0.1) is 11.3 Å². The van der Waals surface area contributed by atoms with Gasteiger partial charge in [-0.15, -0.1) is 0 Å². The molecule has 3 amide bonds. The fraction of sp³-hybridized carbons (Fsp3) is 0.818. The van der Waals surface area contributed by atoms with Gasteiger partial charge >= 0.3 is 5.97 Å². The molecule has 9 heteroatoms. The maximum atomic E-state index is 14.4. The molecule has 0 spiro atoms. The van der Waals surface area contributed by atoms with Gasteiger partial charge in [0.05, 0.1) is 18.2 Å². The summed E-state index contributed by atoms with van der Waals surface area (Å²) in [5.74, 6) is -1.10. The highest BCUT2D eigenvalue weighted by atomic mass is 16.5. The van der Waals surface area contributed by atoms with Gasteiger partial charge in [0.15, 0.2) is 0 Å². The van der Waals surface area contributed by atoms with Crippen molar-refractivity contribution < 1.29 is 23.9 Å². The lowest BCUT2D eigenvalue weighted by Gasteiger charge is -2.47. The largest absolute Gasteiger partial charge is 0.463 e. The third-order valence-electron chi connectivity index (χ3n) is 8.69. The van der Waals surface area contributed by atoms with Crippen LogP contribution >= 0.6 is 0 Å². The number of amides is 3. The van der Waals surface area contributed by atoms with Crippen molar-refractivity contribution in [2.45, 2.75) is 139 Å². The van der Waals surface area contributed by atoms with E-state index in [4.69, 9.17) is 4.74 Å². The number of nitrogens with one attached hydrogen (secondary N) is 2. The minimum absolute atomic E-state index is 0.000464. The molecule has 42 heavy (non-hydrogen) atoms. The Morgan fingerprint density at radius 3 is 1.76 bits per heavy atom. The lowest BCUT2D eigenvalue weighted by atomic mass is 9.81. The van der Waals surface area contributed by atoms with Crippen molar-refractivity contribution in [3.05, 3.63) is 11.6 Å². The quantitative estimate of drug-likeness (QED) is 0.180. The van der Waals surface area contributed by atoms with Crippen molar-refractivity contribution in [1.82, 2.24) is 20.4 Å². The molecule has 0 aromatic rings. The number of hydrogen-bond acceptors (Lipinski definition) is 6. The van der Waals surface area contributed by atoms with E-state index in [1.54, 1.807) is 36.8 Å². The molecule has 2 N–H and O–H groups in total. The second-order valence-electron chi connectivity index (χ2n) is 12.6. The Morgan fingerprint density at radius 1 is 0.881 bits per heavy atom. The Balaban J connectivity index is 6.68. The van der Waals surface area contributed by atoms with Crippen LogP contribution in [0.3, 0.4) is 0 Å². The first-order valence-corrected chi connectivity index (χ1v) is 15.9.